The van der Waals surface area contributed by atoms with Crippen molar-refractivity contribution < 1.29 is 24.0 Å². The summed E-state index contributed by atoms with van der Waals surface area (Å²) in [5.41, 5.74) is -0.194. The Bertz CT molecular complexity index is 990. The van der Waals surface area contributed by atoms with Crippen molar-refractivity contribution in [3.8, 4) is 0 Å². The maximum absolute atomic E-state index is 12.4. The Labute approximate surface area is 185 Å². The van der Waals surface area contributed by atoms with Crippen LogP contribution in [0.5, 0.6) is 0 Å². The Kier molecular flexibility index (Phi) is 6.92. The van der Waals surface area contributed by atoms with Gasteiger partial charge in [0.15, 0.2) is 0 Å². The van der Waals surface area contributed by atoms with Crippen molar-refractivity contribution in [1.29, 1.82) is 0 Å². The van der Waals surface area contributed by atoms with Crippen LogP contribution < -0.4 is 10.2 Å². The van der Waals surface area contributed by atoms with Crippen LogP contribution in [0.25, 0.3) is 0 Å². The molecule has 1 amide bonds. The molecule has 1 atom stereocenters. The van der Waals surface area contributed by atoms with Crippen LogP contribution in [0.3, 0.4) is 0 Å². The second kappa shape index (κ2) is 9.63. The van der Waals surface area contributed by atoms with Crippen molar-refractivity contribution in [1.82, 2.24) is 4.98 Å². The first-order chi connectivity index (χ1) is 15.1. The van der Waals surface area contributed by atoms with Gasteiger partial charge < -0.3 is 14.4 Å². The van der Waals surface area contributed by atoms with Gasteiger partial charge in [-0.25, -0.2) is 9.59 Å². The lowest BCUT2D eigenvalue weighted by Gasteiger charge is -2.34. The SMILES string of the molecule is CC(C)(C)OC(=O)Nc1cncc([N+](=O)[O-])c1N1CCCC(OC(=O)c2ccccc2)C1. The van der Waals surface area contributed by atoms with Gasteiger partial charge in [0, 0.05) is 6.54 Å². The van der Waals surface area contributed by atoms with Crippen molar-refractivity contribution in [2.75, 3.05) is 23.3 Å². The third-order valence-corrected chi connectivity index (χ3v) is 4.71. The van der Waals surface area contributed by atoms with E-state index in [-0.39, 0.29) is 23.6 Å². The molecule has 1 aromatic carbocycles. The van der Waals surface area contributed by atoms with E-state index >= 15 is 0 Å². The van der Waals surface area contributed by atoms with Crippen LogP contribution in [0.4, 0.5) is 21.9 Å². The first-order valence-electron chi connectivity index (χ1n) is 10.3. The minimum atomic E-state index is -0.745. The van der Waals surface area contributed by atoms with E-state index < -0.39 is 28.7 Å². The predicted octanol–water partition coefficient (Wildman–Crippen LogP) is 4.16. The first-order valence-corrected chi connectivity index (χ1v) is 10.3. The molecule has 10 nitrogen and oxygen atoms in total. The zero-order valence-corrected chi connectivity index (χ0v) is 18.2. The number of benzene rings is 1. The maximum Gasteiger partial charge on any atom is 0.412 e. The molecule has 0 saturated carbocycles. The zero-order valence-electron chi connectivity index (χ0n) is 18.2. The molecular formula is C22H26N4O6. The van der Waals surface area contributed by atoms with Crippen molar-refractivity contribution in [2.24, 2.45) is 0 Å². The fourth-order valence-corrected chi connectivity index (χ4v) is 3.44. The molecule has 0 radical (unpaired) electrons. The molecule has 1 saturated heterocycles. The van der Waals surface area contributed by atoms with Gasteiger partial charge in [-0.15, -0.1) is 0 Å². The minimum absolute atomic E-state index is 0.156. The lowest BCUT2D eigenvalue weighted by molar-refractivity contribution is -0.384. The van der Waals surface area contributed by atoms with Gasteiger partial charge in [-0.3, -0.25) is 20.4 Å². The van der Waals surface area contributed by atoms with E-state index in [1.807, 2.05) is 0 Å². The van der Waals surface area contributed by atoms with Crippen LogP contribution in [-0.4, -0.2) is 46.8 Å². The molecule has 0 aliphatic carbocycles. The van der Waals surface area contributed by atoms with Gasteiger partial charge in [-0.05, 0) is 45.7 Å². The molecule has 2 heterocycles. The lowest BCUT2D eigenvalue weighted by atomic mass is 10.1. The van der Waals surface area contributed by atoms with Crippen LogP contribution in [0.1, 0.15) is 44.0 Å². The number of piperidine rings is 1. The molecule has 10 heteroatoms. The highest BCUT2D eigenvalue weighted by Gasteiger charge is 2.31. The number of nitrogens with zero attached hydrogens (tertiary/aromatic N) is 3. The number of nitro groups is 1. The normalized spacial score (nSPS) is 16.2. The third-order valence-electron chi connectivity index (χ3n) is 4.71. The largest absolute Gasteiger partial charge is 0.457 e. The molecule has 0 bridgehead atoms. The van der Waals surface area contributed by atoms with Gasteiger partial charge in [0.2, 0.25) is 0 Å². The zero-order chi connectivity index (χ0) is 23.3. The summed E-state index contributed by atoms with van der Waals surface area (Å²) in [6.45, 7) is 5.89. The lowest BCUT2D eigenvalue weighted by Crippen LogP contribution is -2.41. The van der Waals surface area contributed by atoms with E-state index in [0.29, 0.717) is 24.9 Å². The number of ether oxygens (including phenoxy) is 2. The standard InChI is InChI=1S/C22H26N4O6/c1-22(2,3)32-21(28)24-17-12-23-13-18(26(29)30)19(17)25-11-7-10-16(14-25)31-20(27)15-8-5-4-6-9-15/h4-6,8-9,12-13,16H,7,10-11,14H2,1-3H3,(H,24,28). The van der Waals surface area contributed by atoms with Gasteiger partial charge in [0.05, 0.1) is 28.9 Å². The van der Waals surface area contributed by atoms with Gasteiger partial charge in [0.25, 0.3) is 0 Å². The third kappa shape index (κ3) is 5.93. The molecule has 1 N–H and O–H groups in total. The molecule has 1 aliphatic heterocycles. The van der Waals surface area contributed by atoms with Crippen LogP contribution in [0.15, 0.2) is 42.7 Å². The van der Waals surface area contributed by atoms with Gasteiger partial charge >= 0.3 is 17.7 Å². The molecule has 1 aromatic heterocycles. The number of hydrogen-bond acceptors (Lipinski definition) is 8. The van der Waals surface area contributed by atoms with Gasteiger partial charge in [0.1, 0.15) is 23.6 Å². The Morgan fingerprint density at radius 1 is 1.22 bits per heavy atom. The Hall–Kier alpha value is -3.69. The average molecular weight is 442 g/mol. The Morgan fingerprint density at radius 3 is 2.59 bits per heavy atom. The van der Waals surface area contributed by atoms with Gasteiger partial charge in [-0.1, -0.05) is 18.2 Å². The molecule has 170 valence electrons. The van der Waals surface area contributed by atoms with E-state index in [2.05, 4.69) is 10.3 Å². The fourth-order valence-electron chi connectivity index (χ4n) is 3.44. The summed E-state index contributed by atoms with van der Waals surface area (Å²) < 4.78 is 10.9. The second-order valence-electron chi connectivity index (χ2n) is 8.42. The summed E-state index contributed by atoms with van der Waals surface area (Å²) in [7, 11) is 0. The average Bonchev–Trinajstić information content (AvgIpc) is 2.73. The van der Waals surface area contributed by atoms with Crippen LogP contribution in [0.2, 0.25) is 0 Å². The second-order valence-corrected chi connectivity index (χ2v) is 8.42. The summed E-state index contributed by atoms with van der Waals surface area (Å²) in [5, 5.41) is 14.2. The van der Waals surface area contributed by atoms with E-state index in [0.717, 1.165) is 6.20 Å². The van der Waals surface area contributed by atoms with Crippen LogP contribution in [-0.2, 0) is 9.47 Å². The number of pyridine rings is 1. The predicted molar refractivity (Wildman–Crippen MR) is 118 cm³/mol. The topological polar surface area (TPSA) is 124 Å². The van der Waals surface area contributed by atoms with Crippen LogP contribution in [0, 0.1) is 10.1 Å². The van der Waals surface area contributed by atoms with E-state index in [1.54, 1.807) is 56.0 Å². The highest BCUT2D eigenvalue weighted by Crippen LogP contribution is 2.37. The number of amides is 1. The van der Waals surface area contributed by atoms with Crippen molar-refractivity contribution in [3.63, 3.8) is 0 Å². The van der Waals surface area contributed by atoms with Crippen LogP contribution >= 0.6 is 0 Å². The molecule has 3 rings (SSSR count). The van der Waals surface area contributed by atoms with E-state index in [1.165, 1.54) is 6.20 Å². The monoisotopic (exact) mass is 442 g/mol. The van der Waals surface area contributed by atoms with Crippen molar-refractivity contribution in [2.45, 2.75) is 45.3 Å². The van der Waals surface area contributed by atoms with E-state index in [4.69, 9.17) is 9.47 Å². The minimum Gasteiger partial charge on any atom is -0.457 e. The van der Waals surface area contributed by atoms with E-state index in [9.17, 15) is 19.7 Å². The summed E-state index contributed by atoms with van der Waals surface area (Å²) in [4.78, 5) is 41.5. The van der Waals surface area contributed by atoms with Crippen molar-refractivity contribution >= 4 is 29.1 Å². The summed E-state index contributed by atoms with van der Waals surface area (Å²) in [5.74, 6) is -0.450. The van der Waals surface area contributed by atoms with Crippen molar-refractivity contribution in [3.05, 3.63) is 58.4 Å². The highest BCUT2D eigenvalue weighted by atomic mass is 16.6. The Morgan fingerprint density at radius 2 is 1.94 bits per heavy atom. The smallest absolute Gasteiger partial charge is 0.412 e. The molecule has 0 spiro atoms. The summed E-state index contributed by atoms with van der Waals surface area (Å²) >= 11 is 0. The Balaban J connectivity index is 1.82. The number of esters is 1. The molecule has 1 aliphatic rings. The van der Waals surface area contributed by atoms with Gasteiger partial charge in [-0.2, -0.15) is 0 Å². The number of aromatic nitrogens is 1. The number of hydrogen-bond donors (Lipinski definition) is 1. The number of rotatable bonds is 5. The summed E-state index contributed by atoms with van der Waals surface area (Å²) in [6.07, 6.45) is 2.55. The fraction of sp³-hybridized carbons (Fsp3) is 0.409. The quantitative estimate of drug-likeness (QED) is 0.416. The molecule has 2 aromatic rings. The summed E-state index contributed by atoms with van der Waals surface area (Å²) in [6, 6.07) is 8.64. The number of carbonyl (C=O) groups excluding carboxylic acids is 2. The maximum atomic E-state index is 12.4. The number of nitrogens with one attached hydrogen (secondary N) is 1. The molecule has 1 unspecified atom stereocenters. The number of carbonyl (C=O) groups is 2. The first kappa shape index (κ1) is 23.0. The number of anilines is 2. The molecular weight excluding hydrogens is 416 g/mol. The molecule has 32 heavy (non-hydrogen) atoms. The molecule has 1 fully saturated rings. The highest BCUT2D eigenvalue weighted by molar-refractivity contribution is 5.92.